The molecule has 1 aromatic heterocycles. The second-order valence-electron chi connectivity index (χ2n) is 4.30. The minimum atomic E-state index is -0.0523. The fourth-order valence-electron chi connectivity index (χ4n) is 2.21. The van der Waals surface area contributed by atoms with E-state index in [1.807, 2.05) is 0 Å². The molecule has 2 atom stereocenters. The molecule has 5 heteroatoms. The monoisotopic (exact) mass is 242 g/mol. The Bertz CT molecular complexity index is 330. The van der Waals surface area contributed by atoms with E-state index in [0.29, 0.717) is 10.2 Å². The van der Waals surface area contributed by atoms with Crippen LogP contribution in [0.15, 0.2) is 0 Å². The van der Waals surface area contributed by atoms with Crippen LogP contribution in [0.3, 0.4) is 0 Å². The molecule has 0 aliphatic heterocycles. The normalized spacial score (nSPS) is 25.6. The highest BCUT2D eigenvalue weighted by Gasteiger charge is 2.23. The summed E-state index contributed by atoms with van der Waals surface area (Å²) in [6, 6.07) is 0. The van der Waals surface area contributed by atoms with Gasteiger partial charge in [-0.1, -0.05) is 36.2 Å². The number of hydrogen-bond donors (Lipinski definition) is 1. The summed E-state index contributed by atoms with van der Waals surface area (Å²) in [6.07, 6.45) is 6.34. The molecule has 4 nitrogen and oxygen atoms in total. The Morgan fingerprint density at radius 2 is 2.31 bits per heavy atom. The summed E-state index contributed by atoms with van der Waals surface area (Å²) in [5.74, 6) is 0.795. The maximum atomic E-state index is 8.89. The number of aliphatic hydroxyl groups excluding tert-OH is 1. The van der Waals surface area contributed by atoms with Crippen LogP contribution in [-0.4, -0.2) is 21.4 Å². The zero-order valence-corrected chi connectivity index (χ0v) is 10.4. The smallest absolute Gasteiger partial charge is 0.294 e. The van der Waals surface area contributed by atoms with Crippen LogP contribution in [0.2, 0.25) is 0 Å². The standard InChI is InChI=1S/C11H18N2O2S/c1-2-8-4-3-5-9(6-8)15-11-13-12-10(7-14)16-11/h8-9,14H,2-7H2,1H3. The molecule has 1 aliphatic rings. The summed E-state index contributed by atoms with van der Waals surface area (Å²) >= 11 is 1.34. The predicted octanol–water partition coefficient (Wildman–Crippen LogP) is 2.38. The van der Waals surface area contributed by atoms with Crippen molar-refractivity contribution in [2.45, 2.75) is 51.7 Å². The van der Waals surface area contributed by atoms with Crippen LogP contribution >= 0.6 is 11.3 Å². The van der Waals surface area contributed by atoms with Crippen molar-refractivity contribution < 1.29 is 9.84 Å². The van der Waals surface area contributed by atoms with E-state index in [9.17, 15) is 0 Å². The van der Waals surface area contributed by atoms with Crippen molar-refractivity contribution in [3.63, 3.8) is 0 Å². The minimum absolute atomic E-state index is 0.0523. The Balaban J connectivity index is 1.88. The van der Waals surface area contributed by atoms with Crippen LogP contribution < -0.4 is 4.74 Å². The van der Waals surface area contributed by atoms with Crippen molar-refractivity contribution in [1.82, 2.24) is 10.2 Å². The maximum Gasteiger partial charge on any atom is 0.294 e. The quantitative estimate of drug-likeness (QED) is 0.880. The van der Waals surface area contributed by atoms with Gasteiger partial charge in [-0.15, -0.1) is 5.10 Å². The van der Waals surface area contributed by atoms with Crippen LogP contribution in [0.5, 0.6) is 5.19 Å². The zero-order chi connectivity index (χ0) is 11.4. The third kappa shape index (κ3) is 2.92. The van der Waals surface area contributed by atoms with Crippen LogP contribution in [0.1, 0.15) is 44.0 Å². The average Bonchev–Trinajstić information content (AvgIpc) is 2.77. The van der Waals surface area contributed by atoms with Gasteiger partial charge in [-0.25, -0.2) is 0 Å². The number of ether oxygens (including phenoxy) is 1. The van der Waals surface area contributed by atoms with Gasteiger partial charge in [0.25, 0.3) is 5.19 Å². The van der Waals surface area contributed by atoms with Crippen molar-refractivity contribution in [2.75, 3.05) is 0 Å². The Labute approximate surface area is 99.7 Å². The van der Waals surface area contributed by atoms with Gasteiger partial charge in [0.05, 0.1) is 6.61 Å². The molecule has 1 N–H and O–H groups in total. The lowest BCUT2D eigenvalue weighted by molar-refractivity contribution is 0.121. The third-order valence-corrected chi connectivity index (χ3v) is 3.96. The topological polar surface area (TPSA) is 55.2 Å². The average molecular weight is 242 g/mol. The van der Waals surface area contributed by atoms with Gasteiger partial charge in [0, 0.05) is 0 Å². The van der Waals surface area contributed by atoms with Gasteiger partial charge >= 0.3 is 0 Å². The molecule has 90 valence electrons. The highest BCUT2D eigenvalue weighted by molar-refractivity contribution is 7.13. The van der Waals surface area contributed by atoms with Crippen LogP contribution in [0, 0.1) is 5.92 Å². The van der Waals surface area contributed by atoms with Gasteiger partial charge in [0.2, 0.25) is 0 Å². The van der Waals surface area contributed by atoms with E-state index in [1.54, 1.807) is 0 Å². The van der Waals surface area contributed by atoms with Gasteiger partial charge in [-0.3, -0.25) is 0 Å². The molecule has 16 heavy (non-hydrogen) atoms. The van der Waals surface area contributed by atoms with Gasteiger partial charge < -0.3 is 9.84 Å². The predicted molar refractivity (Wildman–Crippen MR) is 62.5 cm³/mol. The Hall–Kier alpha value is -0.680. The molecule has 2 rings (SSSR count). The molecule has 1 saturated carbocycles. The van der Waals surface area contributed by atoms with E-state index in [4.69, 9.17) is 9.84 Å². The first-order valence-electron chi connectivity index (χ1n) is 5.91. The highest BCUT2D eigenvalue weighted by Crippen LogP contribution is 2.30. The van der Waals surface area contributed by atoms with Crippen molar-refractivity contribution in [3.05, 3.63) is 5.01 Å². The molecule has 0 amide bonds. The molecule has 1 aliphatic carbocycles. The Morgan fingerprint density at radius 1 is 1.44 bits per heavy atom. The summed E-state index contributed by atoms with van der Waals surface area (Å²) < 4.78 is 5.80. The van der Waals surface area contributed by atoms with Gasteiger partial charge in [-0.2, -0.15) is 0 Å². The molecule has 2 unspecified atom stereocenters. The first kappa shape index (κ1) is 11.8. The largest absolute Gasteiger partial charge is 0.466 e. The second kappa shape index (κ2) is 5.59. The van der Waals surface area contributed by atoms with Crippen molar-refractivity contribution in [3.8, 4) is 5.19 Å². The summed E-state index contributed by atoms with van der Waals surface area (Å²) in [5, 5.41) is 17.9. The summed E-state index contributed by atoms with van der Waals surface area (Å²) in [5.41, 5.74) is 0. The SMILES string of the molecule is CCC1CCCC(Oc2nnc(CO)s2)C1. The first-order valence-corrected chi connectivity index (χ1v) is 6.73. The fourth-order valence-corrected chi connectivity index (χ4v) is 2.83. The molecular weight excluding hydrogens is 224 g/mol. The molecule has 0 saturated heterocycles. The number of aliphatic hydroxyl groups is 1. The number of nitrogens with zero attached hydrogens (tertiary/aromatic N) is 2. The molecule has 1 aromatic rings. The summed E-state index contributed by atoms with van der Waals surface area (Å²) in [7, 11) is 0. The van der Waals surface area contributed by atoms with E-state index in [-0.39, 0.29) is 12.7 Å². The van der Waals surface area contributed by atoms with E-state index < -0.39 is 0 Å². The van der Waals surface area contributed by atoms with E-state index >= 15 is 0 Å². The number of hydrogen-bond acceptors (Lipinski definition) is 5. The number of aromatic nitrogens is 2. The Kier molecular flexibility index (Phi) is 4.12. The molecule has 0 spiro atoms. The number of rotatable bonds is 4. The van der Waals surface area contributed by atoms with E-state index in [2.05, 4.69) is 17.1 Å². The molecule has 1 fully saturated rings. The maximum absolute atomic E-state index is 8.89. The molecule has 1 heterocycles. The van der Waals surface area contributed by atoms with Crippen molar-refractivity contribution >= 4 is 11.3 Å². The zero-order valence-electron chi connectivity index (χ0n) is 9.56. The van der Waals surface area contributed by atoms with Gasteiger partial charge in [0.15, 0.2) is 0 Å². The Morgan fingerprint density at radius 3 is 3.00 bits per heavy atom. The third-order valence-electron chi connectivity index (χ3n) is 3.16. The molecule has 0 aromatic carbocycles. The lowest BCUT2D eigenvalue weighted by Crippen LogP contribution is -2.25. The van der Waals surface area contributed by atoms with E-state index in [0.717, 1.165) is 18.8 Å². The van der Waals surface area contributed by atoms with Gasteiger partial charge in [-0.05, 0) is 25.2 Å². The van der Waals surface area contributed by atoms with Crippen LogP contribution in [0.4, 0.5) is 0 Å². The summed E-state index contributed by atoms with van der Waals surface area (Å²) in [6.45, 7) is 2.19. The van der Waals surface area contributed by atoms with Crippen LogP contribution in [0.25, 0.3) is 0 Å². The van der Waals surface area contributed by atoms with Crippen LogP contribution in [-0.2, 0) is 6.61 Å². The molecular formula is C11H18N2O2S. The molecule has 0 radical (unpaired) electrons. The first-order chi connectivity index (χ1) is 7.81. The lowest BCUT2D eigenvalue weighted by atomic mass is 9.86. The summed E-state index contributed by atoms with van der Waals surface area (Å²) in [4.78, 5) is 0. The molecule has 0 bridgehead atoms. The fraction of sp³-hybridized carbons (Fsp3) is 0.818. The highest BCUT2D eigenvalue weighted by atomic mass is 32.1. The van der Waals surface area contributed by atoms with Crippen molar-refractivity contribution in [1.29, 1.82) is 0 Å². The lowest BCUT2D eigenvalue weighted by Gasteiger charge is -2.27. The van der Waals surface area contributed by atoms with Gasteiger partial charge in [0.1, 0.15) is 11.1 Å². The van der Waals surface area contributed by atoms with E-state index in [1.165, 1.54) is 30.6 Å². The second-order valence-corrected chi connectivity index (χ2v) is 5.33. The van der Waals surface area contributed by atoms with Crippen molar-refractivity contribution in [2.24, 2.45) is 5.92 Å². The minimum Gasteiger partial charge on any atom is -0.466 e.